The van der Waals surface area contributed by atoms with E-state index in [0.29, 0.717) is 0 Å². The van der Waals surface area contributed by atoms with Crippen molar-refractivity contribution < 1.29 is 27.6 Å². The van der Waals surface area contributed by atoms with Crippen LogP contribution in [-0.4, -0.2) is 23.0 Å². The first kappa shape index (κ1) is 17.8. The summed E-state index contributed by atoms with van der Waals surface area (Å²) < 4.78 is 42.2. The second-order valence-corrected chi connectivity index (χ2v) is 4.94. The highest BCUT2D eigenvalue weighted by Gasteiger charge is 2.33. The molecule has 0 aliphatic rings. The van der Waals surface area contributed by atoms with Crippen LogP contribution in [0, 0.1) is 21.4 Å². The molecule has 0 radical (unpaired) electrons. The molecule has 0 aromatic heterocycles. The van der Waals surface area contributed by atoms with Gasteiger partial charge in [0.1, 0.15) is 11.6 Å². The first-order valence-corrected chi connectivity index (χ1v) is 6.63. The van der Waals surface area contributed by atoms with Crippen LogP contribution in [-0.2, 0) is 16.0 Å². The Morgan fingerprint density at radius 1 is 1.50 bits per heavy atom. The summed E-state index contributed by atoms with van der Waals surface area (Å²) in [6, 6.07) is 3.16. The minimum atomic E-state index is -4.66. The fraction of sp³-hybridized carbons (Fsp3) is 0.333. The quantitative estimate of drug-likeness (QED) is 0.355. The molecule has 118 valence electrons. The fourth-order valence-corrected chi connectivity index (χ4v) is 2.33. The number of nitro benzene ring substituents is 1. The Hall–Kier alpha value is -2.28. The van der Waals surface area contributed by atoms with Gasteiger partial charge < -0.3 is 4.74 Å². The van der Waals surface area contributed by atoms with Crippen molar-refractivity contribution in [1.82, 2.24) is 0 Å². The predicted molar refractivity (Wildman–Crippen MR) is 70.1 cm³/mol. The highest BCUT2D eigenvalue weighted by atomic mass is 32.2. The van der Waals surface area contributed by atoms with Gasteiger partial charge in [-0.2, -0.15) is 18.4 Å². The van der Waals surface area contributed by atoms with Gasteiger partial charge in [0, 0.05) is 16.5 Å². The van der Waals surface area contributed by atoms with E-state index in [1.165, 1.54) is 13.0 Å². The van der Waals surface area contributed by atoms with Gasteiger partial charge in [0.2, 0.25) is 0 Å². The Labute approximate surface area is 127 Å². The third kappa shape index (κ3) is 4.63. The van der Waals surface area contributed by atoms with Crippen molar-refractivity contribution in [3.63, 3.8) is 0 Å². The van der Waals surface area contributed by atoms with E-state index >= 15 is 0 Å². The van der Waals surface area contributed by atoms with Gasteiger partial charge in [-0.1, -0.05) is 0 Å². The van der Waals surface area contributed by atoms with Gasteiger partial charge in [0.15, 0.2) is 0 Å². The number of halogens is 3. The summed E-state index contributed by atoms with van der Waals surface area (Å²) in [6.07, 6.45) is -0.656. The van der Waals surface area contributed by atoms with Crippen LogP contribution < -0.4 is 0 Å². The number of hydrogen-bond acceptors (Lipinski definition) is 6. The average Bonchev–Trinajstić information content (AvgIpc) is 2.38. The fourth-order valence-electron chi connectivity index (χ4n) is 1.65. The van der Waals surface area contributed by atoms with Crippen LogP contribution >= 0.6 is 11.8 Å². The first-order valence-electron chi connectivity index (χ1n) is 5.81. The zero-order valence-electron chi connectivity index (χ0n) is 11.1. The summed E-state index contributed by atoms with van der Waals surface area (Å²) >= 11 is -0.544. The van der Waals surface area contributed by atoms with Crippen LogP contribution in [0.4, 0.5) is 18.9 Å². The largest absolute Gasteiger partial charge is 0.466 e. The number of thioether (sulfide) groups is 1. The number of benzene rings is 1. The maximum absolute atomic E-state index is 12.5. The lowest BCUT2D eigenvalue weighted by Gasteiger charge is -2.12. The Morgan fingerprint density at radius 3 is 2.59 bits per heavy atom. The van der Waals surface area contributed by atoms with Crippen molar-refractivity contribution in [1.29, 1.82) is 5.26 Å². The number of ether oxygens (including phenoxy) is 1. The highest BCUT2D eigenvalue weighted by Crippen LogP contribution is 2.41. The molecule has 0 saturated carbocycles. The molecule has 10 heteroatoms. The molecule has 1 rings (SSSR count). The molecule has 0 atom stereocenters. The minimum absolute atomic E-state index is 0.00259. The number of nitro groups is 1. The van der Waals surface area contributed by atoms with E-state index in [9.17, 15) is 28.1 Å². The zero-order valence-corrected chi connectivity index (χ0v) is 12.0. The molecule has 0 heterocycles. The highest BCUT2D eigenvalue weighted by molar-refractivity contribution is 8.00. The standard InChI is InChI=1S/C12H9F3N2O4S/c1-2-21-11(18)5-7-8(6-16)9(17(19)20)3-4-10(7)22-12(13,14)15/h3-4H,2,5H2,1H3. The number of esters is 1. The normalized spacial score (nSPS) is 10.9. The summed E-state index contributed by atoms with van der Waals surface area (Å²) in [5.41, 5.74) is -6.26. The van der Waals surface area contributed by atoms with E-state index in [-0.39, 0.29) is 12.2 Å². The number of alkyl halides is 3. The summed E-state index contributed by atoms with van der Waals surface area (Å²) in [5, 5.41) is 19.9. The van der Waals surface area contributed by atoms with Gasteiger partial charge in [-0.15, -0.1) is 0 Å². The van der Waals surface area contributed by atoms with Gasteiger partial charge in [0.25, 0.3) is 5.69 Å². The Morgan fingerprint density at radius 2 is 2.14 bits per heavy atom. The van der Waals surface area contributed by atoms with Crippen molar-refractivity contribution >= 4 is 23.4 Å². The van der Waals surface area contributed by atoms with Crippen molar-refractivity contribution in [2.75, 3.05) is 6.61 Å². The monoisotopic (exact) mass is 334 g/mol. The lowest BCUT2D eigenvalue weighted by Crippen LogP contribution is -2.12. The summed E-state index contributed by atoms with van der Waals surface area (Å²) in [4.78, 5) is 21.0. The first-order chi connectivity index (χ1) is 10.2. The molecule has 22 heavy (non-hydrogen) atoms. The number of nitrogens with zero attached hydrogens (tertiary/aromatic N) is 2. The molecule has 0 amide bonds. The lowest BCUT2D eigenvalue weighted by molar-refractivity contribution is -0.385. The zero-order chi connectivity index (χ0) is 16.9. The minimum Gasteiger partial charge on any atom is -0.466 e. The average molecular weight is 334 g/mol. The molecule has 0 N–H and O–H groups in total. The molecule has 0 saturated heterocycles. The predicted octanol–water partition coefficient (Wildman–Crippen LogP) is 3.18. The van der Waals surface area contributed by atoms with E-state index in [1.54, 1.807) is 0 Å². The number of hydrogen-bond donors (Lipinski definition) is 0. The van der Waals surface area contributed by atoms with E-state index in [2.05, 4.69) is 4.74 Å². The Kier molecular flexibility index (Phi) is 5.76. The van der Waals surface area contributed by atoms with E-state index in [1.807, 2.05) is 0 Å². The van der Waals surface area contributed by atoms with Gasteiger partial charge >= 0.3 is 11.5 Å². The third-order valence-corrected chi connectivity index (χ3v) is 3.24. The van der Waals surface area contributed by atoms with Crippen LogP contribution in [0.5, 0.6) is 0 Å². The summed E-state index contributed by atoms with van der Waals surface area (Å²) in [7, 11) is 0. The molecular formula is C12H9F3N2O4S. The Balaban J connectivity index is 3.42. The molecule has 0 aliphatic carbocycles. The number of nitriles is 1. The molecule has 0 aliphatic heterocycles. The molecule has 0 bridgehead atoms. The van der Waals surface area contributed by atoms with Crippen LogP contribution in [0.15, 0.2) is 17.0 Å². The van der Waals surface area contributed by atoms with Crippen molar-refractivity contribution in [3.8, 4) is 6.07 Å². The third-order valence-electron chi connectivity index (χ3n) is 2.41. The van der Waals surface area contributed by atoms with Crippen LogP contribution in [0.25, 0.3) is 0 Å². The molecule has 0 spiro atoms. The number of carbonyl (C=O) groups is 1. The van der Waals surface area contributed by atoms with Gasteiger partial charge in [-0.3, -0.25) is 14.9 Å². The maximum atomic E-state index is 12.5. The van der Waals surface area contributed by atoms with Crippen LogP contribution in [0.1, 0.15) is 18.1 Å². The second-order valence-electron chi connectivity index (χ2n) is 3.83. The van der Waals surface area contributed by atoms with Crippen molar-refractivity contribution in [2.24, 2.45) is 0 Å². The van der Waals surface area contributed by atoms with Gasteiger partial charge in [-0.05, 0) is 24.8 Å². The Bertz CT molecular complexity index is 640. The number of rotatable bonds is 5. The van der Waals surface area contributed by atoms with E-state index < -0.39 is 50.7 Å². The number of carbonyl (C=O) groups excluding carboxylic acids is 1. The SMILES string of the molecule is CCOC(=O)Cc1c(SC(F)(F)F)ccc([N+](=O)[O-])c1C#N. The van der Waals surface area contributed by atoms with Crippen LogP contribution in [0.3, 0.4) is 0 Å². The van der Waals surface area contributed by atoms with E-state index in [4.69, 9.17) is 5.26 Å². The lowest BCUT2D eigenvalue weighted by atomic mass is 10.0. The summed E-state index contributed by atoms with van der Waals surface area (Å²) in [6.45, 7) is 1.50. The van der Waals surface area contributed by atoms with E-state index in [0.717, 1.165) is 12.1 Å². The molecular weight excluding hydrogens is 325 g/mol. The second kappa shape index (κ2) is 7.13. The van der Waals surface area contributed by atoms with Gasteiger partial charge in [-0.25, -0.2) is 0 Å². The van der Waals surface area contributed by atoms with Crippen molar-refractivity contribution in [2.45, 2.75) is 23.7 Å². The molecule has 1 aromatic rings. The molecule has 1 aromatic carbocycles. The maximum Gasteiger partial charge on any atom is 0.446 e. The van der Waals surface area contributed by atoms with Crippen LogP contribution in [0.2, 0.25) is 0 Å². The summed E-state index contributed by atoms with van der Waals surface area (Å²) in [5.74, 6) is -0.872. The molecule has 6 nitrogen and oxygen atoms in total. The topological polar surface area (TPSA) is 93.2 Å². The smallest absolute Gasteiger partial charge is 0.446 e. The van der Waals surface area contributed by atoms with Crippen molar-refractivity contribution in [3.05, 3.63) is 33.4 Å². The molecule has 0 fully saturated rings. The van der Waals surface area contributed by atoms with Gasteiger partial charge in [0.05, 0.1) is 18.0 Å². The molecule has 0 unspecified atom stereocenters.